The summed E-state index contributed by atoms with van der Waals surface area (Å²) in [5.41, 5.74) is 2.61. The van der Waals surface area contributed by atoms with E-state index in [1.54, 1.807) is 0 Å². The fourth-order valence-corrected chi connectivity index (χ4v) is 2.32. The fraction of sp³-hybridized carbons (Fsp3) is 0.562. The molecule has 0 amide bonds. The second kappa shape index (κ2) is 6.71. The lowest BCUT2D eigenvalue weighted by molar-refractivity contribution is -0.143. The zero-order valence-electron chi connectivity index (χ0n) is 11.8. The largest absolute Gasteiger partial charge is 0.466 e. The third kappa shape index (κ3) is 4.35. The molecule has 1 aromatic carbocycles. The summed E-state index contributed by atoms with van der Waals surface area (Å²) in [7, 11) is 0. The third-order valence-corrected chi connectivity index (χ3v) is 3.53. The maximum atomic E-state index is 11.3. The van der Waals surface area contributed by atoms with Crippen LogP contribution >= 0.6 is 0 Å². The Balaban J connectivity index is 1.86. The lowest BCUT2D eigenvalue weighted by atomic mass is 10.0. The van der Waals surface area contributed by atoms with Crippen molar-refractivity contribution in [2.45, 2.75) is 39.2 Å². The van der Waals surface area contributed by atoms with E-state index in [0.29, 0.717) is 25.6 Å². The Bertz CT molecular complexity index is 409. The maximum absolute atomic E-state index is 11.3. The molecule has 1 aliphatic carbocycles. The number of esters is 1. The first kappa shape index (κ1) is 14.1. The molecule has 1 atom stereocenters. The van der Waals surface area contributed by atoms with Crippen LogP contribution in [0.2, 0.25) is 0 Å². The maximum Gasteiger partial charge on any atom is 0.307 e. The van der Waals surface area contributed by atoms with Crippen LogP contribution in [0.4, 0.5) is 0 Å². The molecule has 1 N–H and O–H groups in total. The van der Waals surface area contributed by atoms with E-state index in [9.17, 15) is 4.79 Å². The van der Waals surface area contributed by atoms with Gasteiger partial charge in [0.25, 0.3) is 0 Å². The van der Waals surface area contributed by atoms with Gasteiger partial charge in [0.2, 0.25) is 0 Å². The van der Waals surface area contributed by atoms with Crippen molar-refractivity contribution in [2.24, 2.45) is 5.92 Å². The average Bonchev–Trinajstić information content (AvgIpc) is 3.21. The number of ether oxygens (including phenoxy) is 1. The second-order valence-corrected chi connectivity index (χ2v) is 5.23. The average molecular weight is 261 g/mol. The molecule has 0 saturated heterocycles. The van der Waals surface area contributed by atoms with Crippen LogP contribution in [0.1, 0.15) is 43.4 Å². The van der Waals surface area contributed by atoms with Crippen molar-refractivity contribution in [3.05, 3.63) is 35.4 Å². The fourth-order valence-electron chi connectivity index (χ4n) is 2.32. The SMILES string of the molecule is CCOC(=O)CCNC(c1ccc(C)cc1)C1CC1. The molecular formula is C16H23NO2. The smallest absolute Gasteiger partial charge is 0.307 e. The number of nitrogens with one attached hydrogen (secondary N) is 1. The number of carbonyl (C=O) groups is 1. The number of benzene rings is 1. The van der Waals surface area contributed by atoms with E-state index in [1.165, 1.54) is 24.0 Å². The summed E-state index contributed by atoms with van der Waals surface area (Å²) in [5, 5.41) is 3.51. The minimum Gasteiger partial charge on any atom is -0.466 e. The molecule has 0 aromatic heterocycles. The molecule has 2 rings (SSSR count). The Morgan fingerprint density at radius 1 is 1.37 bits per heavy atom. The highest BCUT2D eigenvalue weighted by Gasteiger charge is 2.31. The summed E-state index contributed by atoms with van der Waals surface area (Å²) in [4.78, 5) is 11.3. The van der Waals surface area contributed by atoms with Crippen molar-refractivity contribution >= 4 is 5.97 Å². The molecule has 1 saturated carbocycles. The van der Waals surface area contributed by atoms with Crippen molar-refractivity contribution in [1.29, 1.82) is 0 Å². The van der Waals surface area contributed by atoms with Crippen molar-refractivity contribution in [3.63, 3.8) is 0 Å². The number of carbonyl (C=O) groups excluding carboxylic acids is 1. The number of aryl methyl sites for hydroxylation is 1. The van der Waals surface area contributed by atoms with Gasteiger partial charge in [-0.15, -0.1) is 0 Å². The Hall–Kier alpha value is -1.35. The van der Waals surface area contributed by atoms with Crippen LogP contribution in [-0.2, 0) is 9.53 Å². The van der Waals surface area contributed by atoms with E-state index in [2.05, 4.69) is 36.5 Å². The standard InChI is InChI=1S/C16H23NO2/c1-3-19-15(18)10-11-17-16(14-8-9-14)13-6-4-12(2)5-7-13/h4-7,14,16-17H,3,8-11H2,1-2H3. The number of hydrogen-bond donors (Lipinski definition) is 1. The zero-order valence-corrected chi connectivity index (χ0v) is 11.8. The van der Waals surface area contributed by atoms with E-state index < -0.39 is 0 Å². The van der Waals surface area contributed by atoms with Crippen molar-refractivity contribution in [1.82, 2.24) is 5.32 Å². The molecule has 1 fully saturated rings. The predicted molar refractivity (Wildman–Crippen MR) is 75.9 cm³/mol. The van der Waals surface area contributed by atoms with Crippen LogP contribution in [-0.4, -0.2) is 19.1 Å². The minimum atomic E-state index is -0.117. The molecule has 19 heavy (non-hydrogen) atoms. The Morgan fingerprint density at radius 3 is 2.63 bits per heavy atom. The molecule has 1 unspecified atom stereocenters. The minimum absolute atomic E-state index is 0.117. The van der Waals surface area contributed by atoms with Crippen molar-refractivity contribution < 1.29 is 9.53 Å². The van der Waals surface area contributed by atoms with Gasteiger partial charge in [0.1, 0.15) is 0 Å². The van der Waals surface area contributed by atoms with E-state index in [-0.39, 0.29) is 5.97 Å². The van der Waals surface area contributed by atoms with E-state index in [4.69, 9.17) is 4.74 Å². The van der Waals surface area contributed by atoms with Gasteiger partial charge in [-0.2, -0.15) is 0 Å². The molecule has 0 aliphatic heterocycles. The van der Waals surface area contributed by atoms with E-state index in [1.807, 2.05) is 6.92 Å². The lowest BCUT2D eigenvalue weighted by Gasteiger charge is -2.18. The van der Waals surface area contributed by atoms with Gasteiger partial charge in [0.05, 0.1) is 13.0 Å². The monoisotopic (exact) mass is 261 g/mol. The van der Waals surface area contributed by atoms with Gasteiger partial charge in [0, 0.05) is 12.6 Å². The third-order valence-electron chi connectivity index (χ3n) is 3.53. The molecule has 0 spiro atoms. The quantitative estimate of drug-likeness (QED) is 0.767. The van der Waals surface area contributed by atoms with Crippen molar-refractivity contribution in [3.8, 4) is 0 Å². The molecular weight excluding hydrogens is 238 g/mol. The van der Waals surface area contributed by atoms with Gasteiger partial charge in [0.15, 0.2) is 0 Å². The summed E-state index contributed by atoms with van der Waals surface area (Å²) in [5.74, 6) is 0.610. The normalized spacial score (nSPS) is 16.1. The lowest BCUT2D eigenvalue weighted by Crippen LogP contribution is -2.26. The predicted octanol–water partition coefficient (Wildman–Crippen LogP) is 2.99. The summed E-state index contributed by atoms with van der Waals surface area (Å²) >= 11 is 0. The van der Waals surface area contributed by atoms with E-state index >= 15 is 0 Å². The van der Waals surface area contributed by atoms with Gasteiger partial charge in [-0.05, 0) is 38.2 Å². The number of rotatable bonds is 7. The molecule has 0 bridgehead atoms. The van der Waals surface area contributed by atoms with Crippen LogP contribution in [0.3, 0.4) is 0 Å². The molecule has 0 radical (unpaired) electrons. The van der Waals surface area contributed by atoms with Gasteiger partial charge in [-0.3, -0.25) is 4.79 Å². The topological polar surface area (TPSA) is 38.3 Å². The summed E-state index contributed by atoms with van der Waals surface area (Å²) < 4.78 is 4.94. The molecule has 0 heterocycles. The second-order valence-electron chi connectivity index (χ2n) is 5.23. The highest BCUT2D eigenvalue weighted by atomic mass is 16.5. The molecule has 3 heteroatoms. The first-order valence-corrected chi connectivity index (χ1v) is 7.16. The first-order chi connectivity index (χ1) is 9.20. The van der Waals surface area contributed by atoms with Gasteiger partial charge in [-0.25, -0.2) is 0 Å². The summed E-state index contributed by atoms with van der Waals surface area (Å²) in [6.45, 7) is 5.09. The summed E-state index contributed by atoms with van der Waals surface area (Å²) in [6, 6.07) is 9.07. The Labute approximate surface area is 115 Å². The van der Waals surface area contributed by atoms with Crippen molar-refractivity contribution in [2.75, 3.05) is 13.2 Å². The van der Waals surface area contributed by atoms with Crippen LogP contribution < -0.4 is 5.32 Å². The first-order valence-electron chi connectivity index (χ1n) is 7.16. The highest BCUT2D eigenvalue weighted by molar-refractivity contribution is 5.69. The summed E-state index contributed by atoms with van der Waals surface area (Å²) in [6.07, 6.45) is 3.01. The van der Waals surface area contributed by atoms with Gasteiger partial charge >= 0.3 is 5.97 Å². The van der Waals surface area contributed by atoms with Crippen LogP contribution in [0, 0.1) is 12.8 Å². The molecule has 1 aromatic rings. The molecule has 3 nitrogen and oxygen atoms in total. The highest BCUT2D eigenvalue weighted by Crippen LogP contribution is 2.40. The Morgan fingerprint density at radius 2 is 2.05 bits per heavy atom. The number of hydrogen-bond acceptors (Lipinski definition) is 3. The Kier molecular flexibility index (Phi) is 4.97. The van der Waals surface area contributed by atoms with Crippen LogP contribution in [0.15, 0.2) is 24.3 Å². The van der Waals surface area contributed by atoms with E-state index in [0.717, 1.165) is 5.92 Å². The zero-order chi connectivity index (χ0) is 13.7. The van der Waals surface area contributed by atoms with Crippen LogP contribution in [0.25, 0.3) is 0 Å². The van der Waals surface area contributed by atoms with Gasteiger partial charge < -0.3 is 10.1 Å². The van der Waals surface area contributed by atoms with Crippen LogP contribution in [0.5, 0.6) is 0 Å². The van der Waals surface area contributed by atoms with Gasteiger partial charge in [-0.1, -0.05) is 29.8 Å². The molecule has 1 aliphatic rings. The molecule has 104 valence electrons.